The van der Waals surface area contributed by atoms with Gasteiger partial charge >= 0.3 is 0 Å². The number of anilines is 1. The fraction of sp³-hybridized carbons (Fsp3) is 0.519. The summed E-state index contributed by atoms with van der Waals surface area (Å²) in [5.74, 6) is -1.28. The summed E-state index contributed by atoms with van der Waals surface area (Å²) >= 11 is 0. The molecule has 6 nitrogen and oxygen atoms in total. The second-order valence-corrected chi connectivity index (χ2v) is 16.2. The molecule has 7 heteroatoms. The number of imide groups is 1. The van der Waals surface area contributed by atoms with Gasteiger partial charge in [-0.05, 0) is 49.5 Å². The second-order valence-electron chi connectivity index (χ2n) is 11.4. The van der Waals surface area contributed by atoms with Crippen LogP contribution >= 0.6 is 0 Å². The maximum absolute atomic E-state index is 13.8. The summed E-state index contributed by atoms with van der Waals surface area (Å²) in [4.78, 5) is 28.8. The maximum Gasteiger partial charge on any atom is 0.240 e. The topological polar surface area (TPSA) is 79.6 Å². The van der Waals surface area contributed by atoms with E-state index in [-0.39, 0.29) is 23.0 Å². The van der Waals surface area contributed by atoms with Crippen molar-refractivity contribution in [2.24, 2.45) is 11.8 Å². The molecule has 178 valence electrons. The van der Waals surface area contributed by atoms with Gasteiger partial charge in [0, 0.05) is 17.4 Å². The van der Waals surface area contributed by atoms with E-state index >= 15 is 0 Å². The van der Waals surface area contributed by atoms with Crippen LogP contribution in [0.4, 0.5) is 5.69 Å². The number of amides is 2. The molecule has 5 rings (SSSR count). The van der Waals surface area contributed by atoms with Crippen molar-refractivity contribution < 1.29 is 18.8 Å². The molecular weight excluding hydrogens is 444 g/mol. The average Bonchev–Trinajstić information content (AvgIpc) is 3.42. The Labute approximate surface area is 202 Å². The maximum atomic E-state index is 13.8. The number of carbonyl (C=O) groups excluding carboxylic acids is 2. The molecule has 0 spiro atoms. The van der Waals surface area contributed by atoms with E-state index in [1.165, 1.54) is 4.90 Å². The van der Waals surface area contributed by atoms with Gasteiger partial charge < -0.3 is 9.16 Å². The molecule has 0 saturated carbocycles. The Morgan fingerprint density at radius 2 is 1.85 bits per heavy atom. The number of fused-ring (bicyclic) bond motifs is 6. The lowest BCUT2D eigenvalue weighted by Crippen LogP contribution is -2.45. The van der Waals surface area contributed by atoms with E-state index in [9.17, 15) is 14.9 Å². The van der Waals surface area contributed by atoms with Gasteiger partial charge in [-0.3, -0.25) is 9.59 Å². The Kier molecular flexibility index (Phi) is 5.29. The molecule has 3 aliphatic heterocycles. The van der Waals surface area contributed by atoms with Crippen molar-refractivity contribution in [3.8, 4) is 6.07 Å². The molecule has 3 aliphatic rings. The number of nitriles is 1. The van der Waals surface area contributed by atoms with Crippen molar-refractivity contribution in [1.29, 1.82) is 5.26 Å². The van der Waals surface area contributed by atoms with Crippen LogP contribution in [0.25, 0.3) is 10.8 Å². The van der Waals surface area contributed by atoms with Crippen LogP contribution in [0.2, 0.25) is 18.1 Å². The van der Waals surface area contributed by atoms with Crippen LogP contribution in [-0.4, -0.2) is 38.4 Å². The highest BCUT2D eigenvalue weighted by Gasteiger charge is 2.69. The third-order valence-corrected chi connectivity index (χ3v) is 13.2. The molecule has 34 heavy (non-hydrogen) atoms. The van der Waals surface area contributed by atoms with Crippen molar-refractivity contribution in [2.75, 3.05) is 11.5 Å². The van der Waals surface area contributed by atoms with Gasteiger partial charge in [0.2, 0.25) is 11.8 Å². The zero-order valence-corrected chi connectivity index (χ0v) is 21.6. The van der Waals surface area contributed by atoms with Crippen LogP contribution in [0.15, 0.2) is 36.4 Å². The summed E-state index contributed by atoms with van der Waals surface area (Å²) in [6.07, 6.45) is 1.98. The predicted octanol–water partition coefficient (Wildman–Crippen LogP) is 5.16. The molecule has 4 unspecified atom stereocenters. The van der Waals surface area contributed by atoms with Crippen LogP contribution in [0.5, 0.6) is 0 Å². The fourth-order valence-electron chi connectivity index (χ4n) is 5.75. The molecule has 0 radical (unpaired) electrons. The molecule has 0 N–H and O–H groups in total. The molecule has 2 aromatic carbocycles. The number of ether oxygens (including phenoxy) is 1. The molecule has 2 aromatic rings. The van der Waals surface area contributed by atoms with Crippen molar-refractivity contribution in [3.63, 3.8) is 0 Å². The lowest BCUT2D eigenvalue weighted by molar-refractivity contribution is -0.128. The Balaban J connectivity index is 1.46. The van der Waals surface area contributed by atoms with Crippen LogP contribution in [-0.2, 0) is 18.8 Å². The zero-order valence-electron chi connectivity index (χ0n) is 20.6. The van der Waals surface area contributed by atoms with Gasteiger partial charge in [0.1, 0.15) is 0 Å². The minimum absolute atomic E-state index is 0.106. The van der Waals surface area contributed by atoms with Gasteiger partial charge in [-0.2, -0.15) is 5.26 Å². The van der Waals surface area contributed by atoms with E-state index in [0.29, 0.717) is 24.3 Å². The summed E-state index contributed by atoms with van der Waals surface area (Å²) in [6, 6.07) is 13.1. The Bertz CT molecular complexity index is 1230. The normalized spacial score (nSPS) is 28.6. The minimum atomic E-state index is -1.92. The highest BCUT2D eigenvalue weighted by atomic mass is 28.4. The first-order valence-electron chi connectivity index (χ1n) is 12.1. The first kappa shape index (κ1) is 23.2. The average molecular weight is 477 g/mol. The van der Waals surface area contributed by atoms with Crippen molar-refractivity contribution in [1.82, 2.24) is 0 Å². The van der Waals surface area contributed by atoms with Crippen molar-refractivity contribution in [3.05, 3.63) is 42.0 Å². The molecule has 3 fully saturated rings. The number of nitrogens with zero attached hydrogens (tertiary/aromatic N) is 2. The summed E-state index contributed by atoms with van der Waals surface area (Å²) in [5, 5.41) is 11.1. The van der Waals surface area contributed by atoms with Gasteiger partial charge in [-0.25, -0.2) is 4.90 Å². The van der Waals surface area contributed by atoms with E-state index in [4.69, 9.17) is 9.16 Å². The van der Waals surface area contributed by atoms with E-state index in [1.54, 1.807) is 12.1 Å². The van der Waals surface area contributed by atoms with Crippen molar-refractivity contribution in [2.45, 2.75) is 69.9 Å². The highest BCUT2D eigenvalue weighted by Crippen LogP contribution is 2.57. The lowest BCUT2D eigenvalue weighted by atomic mass is 9.71. The molecule has 2 bridgehead atoms. The monoisotopic (exact) mass is 476 g/mol. The molecule has 3 heterocycles. The number of benzene rings is 2. The van der Waals surface area contributed by atoms with Crippen LogP contribution < -0.4 is 4.90 Å². The zero-order chi connectivity index (χ0) is 24.5. The SMILES string of the molecule is CC(C)(C)[Si](C)(C)OCCC12CCC(O1)C1C(=O)N(c3ccc(C#N)c4ccccc34)C(=O)C12. The van der Waals surface area contributed by atoms with Gasteiger partial charge in [-0.15, -0.1) is 0 Å². The van der Waals surface area contributed by atoms with Crippen LogP contribution in [0.3, 0.4) is 0 Å². The smallest absolute Gasteiger partial charge is 0.240 e. The quantitative estimate of drug-likeness (QED) is 0.440. The fourth-order valence-corrected chi connectivity index (χ4v) is 6.80. The number of rotatable bonds is 5. The third-order valence-electron chi connectivity index (χ3n) is 8.61. The molecule has 0 aromatic heterocycles. The standard InChI is InChI=1S/C27H32N2O4Si/c1-26(2,3)34(4,5)32-15-14-27-13-12-21(33-27)22-23(27)25(31)29(24(22)30)20-11-10-17(16-28)18-8-6-7-9-19(18)20/h6-11,21-23H,12-15H2,1-5H3. The van der Waals surface area contributed by atoms with E-state index in [1.807, 2.05) is 24.3 Å². The van der Waals surface area contributed by atoms with Crippen LogP contribution in [0, 0.1) is 23.2 Å². The number of hydrogen-bond donors (Lipinski definition) is 0. The summed E-state index contributed by atoms with van der Waals surface area (Å²) in [5.41, 5.74) is 0.453. The van der Waals surface area contributed by atoms with Gasteiger partial charge in [0.05, 0.1) is 40.9 Å². The Morgan fingerprint density at radius 3 is 2.53 bits per heavy atom. The lowest BCUT2D eigenvalue weighted by Gasteiger charge is -2.38. The highest BCUT2D eigenvalue weighted by molar-refractivity contribution is 6.74. The first-order valence-corrected chi connectivity index (χ1v) is 15.0. The Morgan fingerprint density at radius 1 is 1.15 bits per heavy atom. The predicted molar refractivity (Wildman–Crippen MR) is 133 cm³/mol. The molecule has 4 atom stereocenters. The summed E-state index contributed by atoms with van der Waals surface area (Å²) in [7, 11) is -1.92. The van der Waals surface area contributed by atoms with Crippen LogP contribution in [0.1, 0.15) is 45.6 Å². The Hall–Kier alpha value is -2.53. The molecule has 3 saturated heterocycles. The second kappa shape index (κ2) is 7.74. The number of carbonyl (C=O) groups is 2. The largest absolute Gasteiger partial charge is 0.417 e. The first-order chi connectivity index (χ1) is 16.0. The third kappa shape index (κ3) is 3.27. The van der Waals surface area contributed by atoms with E-state index in [2.05, 4.69) is 39.9 Å². The number of hydrogen-bond acceptors (Lipinski definition) is 5. The van der Waals surface area contributed by atoms with Gasteiger partial charge in [0.15, 0.2) is 8.32 Å². The molecule has 0 aliphatic carbocycles. The van der Waals surface area contributed by atoms with Crippen molar-refractivity contribution >= 4 is 36.6 Å². The molecule has 2 amide bonds. The van der Waals surface area contributed by atoms with E-state index < -0.39 is 25.8 Å². The van der Waals surface area contributed by atoms with Gasteiger partial charge in [0.25, 0.3) is 0 Å². The summed E-state index contributed by atoms with van der Waals surface area (Å²) in [6.45, 7) is 11.6. The summed E-state index contributed by atoms with van der Waals surface area (Å²) < 4.78 is 12.8. The van der Waals surface area contributed by atoms with Gasteiger partial charge in [-0.1, -0.05) is 45.0 Å². The molecular formula is C27H32N2O4Si. The van der Waals surface area contributed by atoms with E-state index in [0.717, 1.165) is 23.6 Å². The minimum Gasteiger partial charge on any atom is -0.417 e.